The van der Waals surface area contributed by atoms with Gasteiger partial charge in [-0.05, 0) is 62.7 Å². The van der Waals surface area contributed by atoms with Gasteiger partial charge in [0.25, 0.3) is 0 Å². The summed E-state index contributed by atoms with van der Waals surface area (Å²) in [6.07, 6.45) is 14.7. The summed E-state index contributed by atoms with van der Waals surface area (Å²) in [5.74, 6) is 0.222. The van der Waals surface area contributed by atoms with Gasteiger partial charge in [0.15, 0.2) is 0 Å². The Hall–Kier alpha value is -0.910. The SMILES string of the molecule is CCCCC1CCC2C[C@@H]3[C@@H](C=CCO)[C@H](O)C[C@H]3N2C1(C(=O)O)C1CCCC1. The summed E-state index contributed by atoms with van der Waals surface area (Å²) in [5, 5.41) is 30.8. The Morgan fingerprint density at radius 3 is 2.59 bits per heavy atom. The van der Waals surface area contributed by atoms with E-state index < -0.39 is 17.6 Å². The van der Waals surface area contributed by atoms with Crippen molar-refractivity contribution in [2.75, 3.05) is 6.61 Å². The van der Waals surface area contributed by atoms with Gasteiger partial charge in [-0.1, -0.05) is 44.8 Å². The molecule has 29 heavy (non-hydrogen) atoms. The molecule has 2 aliphatic heterocycles. The zero-order valence-electron chi connectivity index (χ0n) is 17.9. The van der Waals surface area contributed by atoms with E-state index in [2.05, 4.69) is 11.8 Å². The molecule has 3 N–H and O–H groups in total. The van der Waals surface area contributed by atoms with E-state index in [1.54, 1.807) is 6.08 Å². The number of hydrogen-bond donors (Lipinski definition) is 3. The zero-order chi connectivity index (χ0) is 20.6. The van der Waals surface area contributed by atoms with E-state index in [1.165, 1.54) is 0 Å². The molecule has 2 saturated heterocycles. The highest BCUT2D eigenvalue weighted by Gasteiger charge is 2.66. The van der Waals surface area contributed by atoms with Crippen LogP contribution in [0.4, 0.5) is 0 Å². The lowest BCUT2D eigenvalue weighted by Crippen LogP contribution is -2.69. The third-order valence-electron chi connectivity index (χ3n) is 8.80. The van der Waals surface area contributed by atoms with Crippen LogP contribution in [-0.2, 0) is 4.79 Å². The second kappa shape index (κ2) is 8.68. The summed E-state index contributed by atoms with van der Waals surface area (Å²) in [7, 11) is 0. The number of aliphatic carboxylic acids is 1. The molecule has 0 aromatic rings. The number of hydrogen-bond acceptors (Lipinski definition) is 4. The quantitative estimate of drug-likeness (QED) is 0.564. The minimum atomic E-state index is -0.747. The van der Waals surface area contributed by atoms with E-state index in [0.717, 1.165) is 64.2 Å². The maximum Gasteiger partial charge on any atom is 0.324 e. The molecular weight excluding hydrogens is 366 g/mol. The third-order valence-corrected chi connectivity index (χ3v) is 8.80. The van der Waals surface area contributed by atoms with Crippen LogP contribution in [0.2, 0.25) is 0 Å². The molecule has 0 amide bonds. The van der Waals surface area contributed by atoms with Gasteiger partial charge in [-0.3, -0.25) is 9.69 Å². The Kier molecular flexibility index (Phi) is 6.38. The number of fused-ring (bicyclic) bond motifs is 3. The van der Waals surface area contributed by atoms with Gasteiger partial charge in [-0.15, -0.1) is 0 Å². The van der Waals surface area contributed by atoms with Crippen molar-refractivity contribution in [1.29, 1.82) is 0 Å². The van der Waals surface area contributed by atoms with E-state index >= 15 is 0 Å². The minimum absolute atomic E-state index is 0.00597. The van der Waals surface area contributed by atoms with E-state index in [-0.39, 0.29) is 30.4 Å². The fraction of sp³-hybridized carbons (Fsp3) is 0.875. The topological polar surface area (TPSA) is 81.0 Å². The standard InChI is InChI=1S/C24H39NO4/c1-2-3-7-17-11-12-18-14-20-19(10-6-13-26)22(27)15-21(20)25(18)24(17,23(28)29)16-8-4-5-9-16/h6,10,16-22,26-27H,2-5,7-9,11-15H2,1H3,(H,28,29)/t17?,18?,19-,20-,21-,22-,24?/m1/s1. The number of carbonyl (C=O) groups is 1. The lowest BCUT2D eigenvalue weighted by molar-refractivity contribution is -0.174. The molecule has 0 bridgehead atoms. The molecule has 4 aliphatic rings. The van der Waals surface area contributed by atoms with Crippen LogP contribution >= 0.6 is 0 Å². The first-order chi connectivity index (χ1) is 14.1. The summed E-state index contributed by atoms with van der Waals surface area (Å²) in [5.41, 5.74) is -0.747. The second-order valence-corrected chi connectivity index (χ2v) is 10.0. The first kappa shape index (κ1) is 21.3. The Bertz CT molecular complexity index is 616. The van der Waals surface area contributed by atoms with E-state index in [9.17, 15) is 20.1 Å². The van der Waals surface area contributed by atoms with Crippen molar-refractivity contribution >= 4 is 5.97 Å². The van der Waals surface area contributed by atoms with Crippen LogP contribution in [0.3, 0.4) is 0 Å². The van der Waals surface area contributed by atoms with Crippen LogP contribution in [0, 0.1) is 23.7 Å². The maximum atomic E-state index is 13.2. The summed E-state index contributed by atoms with van der Waals surface area (Å²) in [4.78, 5) is 15.6. The Labute approximate surface area is 175 Å². The fourth-order valence-electron chi connectivity index (χ4n) is 7.79. The van der Waals surface area contributed by atoms with E-state index in [1.807, 2.05) is 6.08 Å². The molecule has 7 atom stereocenters. The smallest absolute Gasteiger partial charge is 0.324 e. The first-order valence-corrected chi connectivity index (χ1v) is 12.0. The fourth-order valence-corrected chi connectivity index (χ4v) is 7.79. The Balaban J connectivity index is 1.73. The molecule has 164 valence electrons. The minimum Gasteiger partial charge on any atom is -0.480 e. The molecule has 0 aromatic carbocycles. The highest BCUT2D eigenvalue weighted by Crippen LogP contribution is 2.58. The number of carboxylic acid groups (broad SMARTS) is 1. The van der Waals surface area contributed by atoms with Crippen molar-refractivity contribution in [3.63, 3.8) is 0 Å². The predicted molar refractivity (Wildman–Crippen MR) is 112 cm³/mol. The molecule has 0 aromatic heterocycles. The van der Waals surface area contributed by atoms with Crippen LogP contribution in [0.1, 0.15) is 77.6 Å². The molecule has 0 spiro atoms. The summed E-state index contributed by atoms with van der Waals surface area (Å²) in [6.45, 7) is 2.19. The summed E-state index contributed by atoms with van der Waals surface area (Å²) < 4.78 is 0. The molecule has 5 heteroatoms. The van der Waals surface area contributed by atoms with Gasteiger partial charge in [-0.2, -0.15) is 0 Å². The van der Waals surface area contributed by atoms with Crippen molar-refractivity contribution < 1.29 is 20.1 Å². The van der Waals surface area contributed by atoms with Crippen LogP contribution in [0.5, 0.6) is 0 Å². The normalized spacial score (nSPS) is 43.1. The molecule has 3 unspecified atom stereocenters. The average Bonchev–Trinajstić information content (AvgIpc) is 3.41. The summed E-state index contributed by atoms with van der Waals surface area (Å²) >= 11 is 0. The highest BCUT2D eigenvalue weighted by atomic mass is 16.4. The van der Waals surface area contributed by atoms with Crippen molar-refractivity contribution in [2.24, 2.45) is 23.7 Å². The summed E-state index contributed by atoms with van der Waals surface area (Å²) in [6, 6.07) is 0.488. The number of aliphatic hydroxyl groups is 2. The Morgan fingerprint density at radius 1 is 1.17 bits per heavy atom. The molecule has 0 radical (unpaired) electrons. The number of aliphatic hydroxyl groups excluding tert-OH is 2. The lowest BCUT2D eigenvalue weighted by atomic mass is 9.64. The van der Waals surface area contributed by atoms with Crippen LogP contribution in [0.15, 0.2) is 12.2 Å². The number of rotatable bonds is 7. The van der Waals surface area contributed by atoms with E-state index in [0.29, 0.717) is 18.4 Å². The average molecular weight is 406 g/mol. The van der Waals surface area contributed by atoms with Gasteiger partial charge in [0.1, 0.15) is 5.54 Å². The van der Waals surface area contributed by atoms with Crippen LogP contribution in [-0.4, -0.2) is 56.5 Å². The molecular formula is C24H39NO4. The van der Waals surface area contributed by atoms with Crippen molar-refractivity contribution in [2.45, 2.75) is 101 Å². The van der Waals surface area contributed by atoms with Crippen molar-refractivity contribution in [3.8, 4) is 0 Å². The zero-order valence-corrected chi connectivity index (χ0v) is 17.9. The van der Waals surface area contributed by atoms with Crippen LogP contribution < -0.4 is 0 Å². The van der Waals surface area contributed by atoms with Gasteiger partial charge < -0.3 is 15.3 Å². The molecule has 2 saturated carbocycles. The number of nitrogens with zero attached hydrogens (tertiary/aromatic N) is 1. The number of carboxylic acids is 1. The van der Waals surface area contributed by atoms with Crippen LogP contribution in [0.25, 0.3) is 0 Å². The van der Waals surface area contributed by atoms with Gasteiger partial charge >= 0.3 is 5.97 Å². The largest absolute Gasteiger partial charge is 0.480 e. The van der Waals surface area contributed by atoms with Crippen molar-refractivity contribution in [1.82, 2.24) is 4.90 Å². The van der Waals surface area contributed by atoms with Gasteiger partial charge in [0.2, 0.25) is 0 Å². The molecule has 4 rings (SSSR count). The first-order valence-electron chi connectivity index (χ1n) is 12.0. The highest BCUT2D eigenvalue weighted by molar-refractivity contribution is 5.80. The lowest BCUT2D eigenvalue weighted by Gasteiger charge is -2.56. The third kappa shape index (κ3) is 3.37. The molecule has 2 aliphatic carbocycles. The molecule has 4 fully saturated rings. The second-order valence-electron chi connectivity index (χ2n) is 10.0. The van der Waals surface area contributed by atoms with Gasteiger partial charge in [0.05, 0.1) is 12.7 Å². The van der Waals surface area contributed by atoms with E-state index in [4.69, 9.17) is 0 Å². The number of piperidine rings is 1. The maximum absolute atomic E-state index is 13.2. The number of unbranched alkanes of at least 4 members (excludes halogenated alkanes) is 1. The van der Waals surface area contributed by atoms with Gasteiger partial charge in [-0.25, -0.2) is 0 Å². The van der Waals surface area contributed by atoms with Crippen molar-refractivity contribution in [3.05, 3.63) is 12.2 Å². The molecule has 5 nitrogen and oxygen atoms in total. The van der Waals surface area contributed by atoms with Gasteiger partial charge in [0, 0.05) is 18.0 Å². The molecule has 2 heterocycles. The predicted octanol–water partition coefficient (Wildman–Crippen LogP) is 3.59. The Morgan fingerprint density at radius 2 is 1.93 bits per heavy atom. The monoisotopic (exact) mass is 405 g/mol.